The molecule has 0 fully saturated rings. The zero-order valence-electron chi connectivity index (χ0n) is 12.9. The van der Waals surface area contributed by atoms with Gasteiger partial charge in [-0.25, -0.2) is 0 Å². The van der Waals surface area contributed by atoms with Crippen LogP contribution in [-0.4, -0.2) is 12.4 Å². The fourth-order valence-electron chi connectivity index (χ4n) is 1.80. The first kappa shape index (κ1) is 20.6. The Hall–Kier alpha value is 0.250. The van der Waals surface area contributed by atoms with Gasteiger partial charge in [-0.3, -0.25) is 0 Å². The van der Waals surface area contributed by atoms with Crippen LogP contribution in [0.25, 0.3) is 0 Å². The predicted molar refractivity (Wildman–Crippen MR) is 86.5 cm³/mol. The van der Waals surface area contributed by atoms with Crippen molar-refractivity contribution in [1.29, 1.82) is 0 Å². The molecule has 0 heterocycles. The van der Waals surface area contributed by atoms with Gasteiger partial charge in [0.05, 0.1) is 0 Å². The van der Waals surface area contributed by atoms with Gasteiger partial charge in [0.15, 0.2) is 0 Å². The summed E-state index contributed by atoms with van der Waals surface area (Å²) in [7, 11) is 0. The first-order valence-electron chi connectivity index (χ1n) is 8.09. The second-order valence-corrected chi connectivity index (χ2v) is 5.39. The summed E-state index contributed by atoms with van der Waals surface area (Å²) in [5.74, 6) is 0.827. The Morgan fingerprint density at radius 3 is 1.33 bits per heavy atom. The van der Waals surface area contributed by atoms with E-state index in [0.29, 0.717) is 0 Å². The Labute approximate surface area is 121 Å². The molecule has 0 aliphatic rings. The monoisotopic (exact) mass is 277 g/mol. The summed E-state index contributed by atoms with van der Waals surface area (Å²) >= 11 is 5.38. The third kappa shape index (κ3) is 25.2. The molecule has 0 aliphatic heterocycles. The summed E-state index contributed by atoms with van der Waals surface area (Å²) in [4.78, 5) is 0. The molecule has 0 atom stereocenters. The van der Waals surface area contributed by atoms with E-state index >= 15 is 0 Å². The van der Waals surface area contributed by atoms with Crippen LogP contribution in [-0.2, 0) is 0 Å². The standard InChI is InChI=1S/C11H25N.C5H11Cl/c1-2-3-4-5-6-7-8-9-10-11-12;1-2-3-4-5-6/h2-12H2,1H3;2-5H2,1H3. The minimum Gasteiger partial charge on any atom is -0.330 e. The average molecular weight is 278 g/mol. The first-order valence-corrected chi connectivity index (χ1v) is 8.62. The molecule has 0 aliphatic carbocycles. The van der Waals surface area contributed by atoms with Crippen LogP contribution >= 0.6 is 11.6 Å². The summed E-state index contributed by atoms with van der Waals surface area (Å²) < 4.78 is 0. The van der Waals surface area contributed by atoms with Gasteiger partial charge in [-0.15, -0.1) is 11.6 Å². The van der Waals surface area contributed by atoms with E-state index in [1.165, 1.54) is 77.0 Å². The average Bonchev–Trinajstić information content (AvgIpc) is 2.40. The van der Waals surface area contributed by atoms with Crippen LogP contribution in [0.15, 0.2) is 0 Å². The quantitative estimate of drug-likeness (QED) is 0.349. The molecule has 0 spiro atoms. The molecule has 2 heteroatoms. The van der Waals surface area contributed by atoms with Crippen LogP contribution in [0.4, 0.5) is 0 Å². The number of halogens is 1. The fraction of sp³-hybridized carbons (Fsp3) is 1.00. The van der Waals surface area contributed by atoms with Crippen LogP contribution in [0.2, 0.25) is 0 Å². The van der Waals surface area contributed by atoms with E-state index in [-0.39, 0.29) is 0 Å². The van der Waals surface area contributed by atoms with E-state index in [2.05, 4.69) is 13.8 Å². The van der Waals surface area contributed by atoms with E-state index in [1.54, 1.807) is 0 Å². The van der Waals surface area contributed by atoms with Crippen LogP contribution in [0, 0.1) is 0 Å². The fourth-order valence-corrected chi connectivity index (χ4v) is 1.99. The smallest absolute Gasteiger partial charge is 0.0223 e. The van der Waals surface area contributed by atoms with Gasteiger partial charge in [0.1, 0.15) is 0 Å². The van der Waals surface area contributed by atoms with E-state index < -0.39 is 0 Å². The van der Waals surface area contributed by atoms with Crippen molar-refractivity contribution in [2.24, 2.45) is 5.73 Å². The Bertz CT molecular complexity index is 104. The highest BCUT2D eigenvalue weighted by Crippen LogP contribution is 2.08. The molecule has 112 valence electrons. The van der Waals surface area contributed by atoms with Crippen molar-refractivity contribution in [2.75, 3.05) is 12.4 Å². The molecular weight excluding hydrogens is 242 g/mol. The predicted octanol–water partition coefficient (Wildman–Crippen LogP) is 5.89. The number of hydrogen-bond acceptors (Lipinski definition) is 1. The van der Waals surface area contributed by atoms with Crippen molar-refractivity contribution in [3.8, 4) is 0 Å². The van der Waals surface area contributed by atoms with Crippen molar-refractivity contribution in [2.45, 2.75) is 90.9 Å². The van der Waals surface area contributed by atoms with Gasteiger partial charge in [0.2, 0.25) is 0 Å². The van der Waals surface area contributed by atoms with Crippen molar-refractivity contribution in [3.05, 3.63) is 0 Å². The Morgan fingerprint density at radius 1 is 0.611 bits per heavy atom. The Morgan fingerprint density at radius 2 is 1.00 bits per heavy atom. The highest BCUT2D eigenvalue weighted by Gasteiger charge is 1.90. The molecule has 0 amide bonds. The molecule has 18 heavy (non-hydrogen) atoms. The van der Waals surface area contributed by atoms with E-state index in [0.717, 1.165) is 12.4 Å². The number of rotatable bonds is 12. The number of alkyl halides is 1. The molecule has 2 N–H and O–H groups in total. The summed E-state index contributed by atoms with van der Waals surface area (Å²) in [5, 5.41) is 0. The topological polar surface area (TPSA) is 26.0 Å². The van der Waals surface area contributed by atoms with Gasteiger partial charge in [-0.1, -0.05) is 78.1 Å². The van der Waals surface area contributed by atoms with Gasteiger partial charge in [0.25, 0.3) is 0 Å². The van der Waals surface area contributed by atoms with Gasteiger partial charge < -0.3 is 5.73 Å². The van der Waals surface area contributed by atoms with E-state index in [4.69, 9.17) is 17.3 Å². The lowest BCUT2D eigenvalue weighted by molar-refractivity contribution is 0.567. The normalized spacial score (nSPS) is 10.0. The largest absolute Gasteiger partial charge is 0.330 e. The SMILES string of the molecule is CCCCCCCCCCCN.CCCCCCl. The highest BCUT2D eigenvalue weighted by molar-refractivity contribution is 6.17. The Balaban J connectivity index is 0. The third-order valence-corrected chi connectivity index (χ3v) is 3.31. The maximum atomic E-state index is 5.41. The van der Waals surface area contributed by atoms with Crippen molar-refractivity contribution in [1.82, 2.24) is 0 Å². The first-order chi connectivity index (χ1) is 8.83. The van der Waals surface area contributed by atoms with Gasteiger partial charge in [-0.05, 0) is 19.4 Å². The van der Waals surface area contributed by atoms with Crippen molar-refractivity contribution >= 4 is 11.6 Å². The lowest BCUT2D eigenvalue weighted by atomic mass is 10.1. The van der Waals surface area contributed by atoms with Crippen LogP contribution in [0.5, 0.6) is 0 Å². The second kappa shape index (κ2) is 22.4. The molecule has 1 nitrogen and oxygen atoms in total. The van der Waals surface area contributed by atoms with Crippen LogP contribution < -0.4 is 5.73 Å². The summed E-state index contributed by atoms with van der Waals surface area (Å²) in [6.45, 7) is 5.31. The summed E-state index contributed by atoms with van der Waals surface area (Å²) in [6.07, 6.45) is 16.2. The molecule has 0 radical (unpaired) electrons. The molecule has 0 rings (SSSR count). The molecular formula is C16H36ClN. The lowest BCUT2D eigenvalue weighted by Crippen LogP contribution is -1.97. The number of nitrogens with two attached hydrogens (primary N) is 1. The Kier molecular flexibility index (Phi) is 25.6. The van der Waals surface area contributed by atoms with E-state index in [9.17, 15) is 0 Å². The number of unbranched alkanes of at least 4 members (excludes halogenated alkanes) is 10. The zero-order valence-corrected chi connectivity index (χ0v) is 13.6. The zero-order chi connectivity index (χ0) is 13.9. The van der Waals surface area contributed by atoms with Crippen molar-refractivity contribution < 1.29 is 0 Å². The molecule has 0 aromatic carbocycles. The summed E-state index contributed by atoms with van der Waals surface area (Å²) in [6, 6.07) is 0. The maximum absolute atomic E-state index is 5.41. The van der Waals surface area contributed by atoms with E-state index in [1.807, 2.05) is 0 Å². The minimum atomic E-state index is 0.827. The summed E-state index contributed by atoms with van der Waals surface area (Å²) in [5.41, 5.74) is 5.41. The minimum absolute atomic E-state index is 0.827. The van der Waals surface area contributed by atoms with Crippen molar-refractivity contribution in [3.63, 3.8) is 0 Å². The highest BCUT2D eigenvalue weighted by atomic mass is 35.5. The van der Waals surface area contributed by atoms with Gasteiger partial charge >= 0.3 is 0 Å². The lowest BCUT2D eigenvalue weighted by Gasteiger charge is -1.99. The number of hydrogen-bond donors (Lipinski definition) is 1. The van der Waals surface area contributed by atoms with Crippen LogP contribution in [0.1, 0.15) is 90.9 Å². The maximum Gasteiger partial charge on any atom is 0.0223 e. The molecule has 0 bridgehead atoms. The molecule has 0 unspecified atom stereocenters. The second-order valence-electron chi connectivity index (χ2n) is 5.01. The van der Waals surface area contributed by atoms with Gasteiger partial charge in [-0.2, -0.15) is 0 Å². The molecule has 0 saturated carbocycles. The van der Waals surface area contributed by atoms with Crippen LogP contribution in [0.3, 0.4) is 0 Å². The molecule has 0 aromatic rings. The van der Waals surface area contributed by atoms with Gasteiger partial charge in [0, 0.05) is 5.88 Å². The third-order valence-electron chi connectivity index (χ3n) is 3.04. The molecule has 0 saturated heterocycles. The molecule has 0 aromatic heterocycles.